The van der Waals surface area contributed by atoms with E-state index >= 15 is 0 Å². The highest BCUT2D eigenvalue weighted by molar-refractivity contribution is 5.53. The summed E-state index contributed by atoms with van der Waals surface area (Å²) < 4.78 is 16.1. The molecule has 0 unspecified atom stereocenters. The molecule has 0 aliphatic carbocycles. The van der Waals surface area contributed by atoms with E-state index in [1.165, 1.54) is 0 Å². The minimum atomic E-state index is 0.229. The first kappa shape index (κ1) is 16.9. The van der Waals surface area contributed by atoms with Gasteiger partial charge in [-0.3, -0.25) is 9.80 Å². The zero-order valence-corrected chi connectivity index (χ0v) is 13.7. The average molecular weight is 310 g/mol. The van der Waals surface area contributed by atoms with E-state index in [0.29, 0.717) is 17.2 Å². The fourth-order valence-corrected chi connectivity index (χ4v) is 2.80. The number of benzene rings is 1. The molecule has 1 fully saturated rings. The Labute approximate surface area is 132 Å². The first-order valence-corrected chi connectivity index (χ1v) is 7.56. The molecule has 1 saturated heterocycles. The fraction of sp³-hybridized carbons (Fsp3) is 0.625. The van der Waals surface area contributed by atoms with Gasteiger partial charge < -0.3 is 19.3 Å². The molecule has 2 rings (SSSR count). The van der Waals surface area contributed by atoms with Crippen molar-refractivity contribution in [3.8, 4) is 17.2 Å². The third-order valence-corrected chi connectivity index (χ3v) is 4.01. The van der Waals surface area contributed by atoms with Gasteiger partial charge in [-0.15, -0.1) is 0 Å². The summed E-state index contributed by atoms with van der Waals surface area (Å²) in [5, 5.41) is 8.99. The average Bonchev–Trinajstić information content (AvgIpc) is 2.56. The standard InChI is InChI=1S/C16H26N2O4/c1-20-14-10-13(11-15(21-2)16(14)22-3)12-18-6-4-17(5-7-18)8-9-19/h10-11,19H,4-9,12H2,1-3H3. The van der Waals surface area contributed by atoms with Crippen molar-refractivity contribution in [2.24, 2.45) is 0 Å². The summed E-state index contributed by atoms with van der Waals surface area (Å²) in [4.78, 5) is 4.68. The lowest BCUT2D eigenvalue weighted by Gasteiger charge is -2.34. The van der Waals surface area contributed by atoms with E-state index < -0.39 is 0 Å². The number of piperazine rings is 1. The number of rotatable bonds is 7. The predicted molar refractivity (Wildman–Crippen MR) is 84.9 cm³/mol. The molecule has 1 heterocycles. The lowest BCUT2D eigenvalue weighted by molar-refractivity contribution is 0.108. The smallest absolute Gasteiger partial charge is 0.203 e. The van der Waals surface area contributed by atoms with Gasteiger partial charge in [0, 0.05) is 39.3 Å². The van der Waals surface area contributed by atoms with Gasteiger partial charge in [-0.1, -0.05) is 0 Å². The molecule has 6 nitrogen and oxygen atoms in total. The predicted octanol–water partition coefficient (Wildman–Crippen LogP) is 0.822. The Morgan fingerprint density at radius 2 is 1.45 bits per heavy atom. The summed E-state index contributed by atoms with van der Waals surface area (Å²) in [6.07, 6.45) is 0. The van der Waals surface area contributed by atoms with Crippen LogP contribution in [-0.2, 0) is 6.54 Å². The molecular weight excluding hydrogens is 284 g/mol. The first-order chi connectivity index (χ1) is 10.7. The van der Waals surface area contributed by atoms with Crippen molar-refractivity contribution in [2.45, 2.75) is 6.54 Å². The third-order valence-electron chi connectivity index (χ3n) is 4.01. The molecule has 22 heavy (non-hydrogen) atoms. The van der Waals surface area contributed by atoms with Crippen LogP contribution in [0, 0.1) is 0 Å². The summed E-state index contributed by atoms with van der Waals surface area (Å²) in [6.45, 7) is 5.82. The van der Waals surface area contributed by atoms with Crippen molar-refractivity contribution in [3.05, 3.63) is 17.7 Å². The second kappa shape index (κ2) is 8.22. The Morgan fingerprint density at radius 3 is 1.91 bits per heavy atom. The summed E-state index contributed by atoms with van der Waals surface area (Å²) in [6, 6.07) is 4.00. The lowest BCUT2D eigenvalue weighted by Crippen LogP contribution is -2.46. The summed E-state index contributed by atoms with van der Waals surface area (Å²) in [5.74, 6) is 2.01. The number of nitrogens with zero attached hydrogens (tertiary/aromatic N) is 2. The molecule has 6 heteroatoms. The molecular formula is C16H26N2O4. The highest BCUT2D eigenvalue weighted by Crippen LogP contribution is 2.38. The van der Waals surface area contributed by atoms with E-state index in [-0.39, 0.29) is 6.61 Å². The van der Waals surface area contributed by atoms with E-state index in [1.807, 2.05) is 12.1 Å². The normalized spacial score (nSPS) is 16.5. The SMILES string of the molecule is COc1cc(CN2CCN(CCO)CC2)cc(OC)c1OC. The molecule has 0 bridgehead atoms. The molecule has 0 saturated carbocycles. The summed E-state index contributed by atoms with van der Waals surface area (Å²) >= 11 is 0. The maximum Gasteiger partial charge on any atom is 0.203 e. The molecule has 1 aromatic rings. The number of hydrogen-bond acceptors (Lipinski definition) is 6. The van der Waals surface area contributed by atoms with Crippen LogP contribution in [0.5, 0.6) is 17.2 Å². The van der Waals surface area contributed by atoms with Crippen molar-refractivity contribution in [3.63, 3.8) is 0 Å². The molecule has 0 spiro atoms. The van der Waals surface area contributed by atoms with Gasteiger partial charge in [-0.2, -0.15) is 0 Å². The highest BCUT2D eigenvalue weighted by atomic mass is 16.5. The maximum atomic E-state index is 8.99. The molecule has 0 radical (unpaired) electrons. The van der Waals surface area contributed by atoms with E-state index in [9.17, 15) is 0 Å². The monoisotopic (exact) mass is 310 g/mol. The molecule has 1 N–H and O–H groups in total. The molecule has 1 aliphatic heterocycles. The zero-order valence-electron chi connectivity index (χ0n) is 13.7. The minimum absolute atomic E-state index is 0.229. The van der Waals surface area contributed by atoms with Crippen molar-refractivity contribution >= 4 is 0 Å². The van der Waals surface area contributed by atoms with Crippen molar-refractivity contribution in [1.29, 1.82) is 0 Å². The van der Waals surface area contributed by atoms with Gasteiger partial charge in [0.1, 0.15) is 0 Å². The van der Waals surface area contributed by atoms with Crippen LogP contribution in [0.3, 0.4) is 0 Å². The number of β-amino-alcohol motifs (C(OH)–C–C–N with tert-alkyl or cyclic N) is 1. The third kappa shape index (κ3) is 4.03. The number of methoxy groups -OCH3 is 3. The van der Waals surface area contributed by atoms with Crippen LogP contribution in [0.25, 0.3) is 0 Å². The van der Waals surface area contributed by atoms with Gasteiger partial charge in [0.2, 0.25) is 5.75 Å². The molecule has 0 atom stereocenters. The van der Waals surface area contributed by atoms with Crippen molar-refractivity contribution < 1.29 is 19.3 Å². The van der Waals surface area contributed by atoms with Crippen molar-refractivity contribution in [1.82, 2.24) is 9.80 Å². The maximum absolute atomic E-state index is 8.99. The first-order valence-electron chi connectivity index (χ1n) is 7.56. The Bertz CT molecular complexity index is 448. The van der Waals surface area contributed by atoms with Gasteiger partial charge in [-0.05, 0) is 17.7 Å². The van der Waals surface area contributed by atoms with Crippen LogP contribution in [0.1, 0.15) is 5.56 Å². The van der Waals surface area contributed by atoms with Crippen LogP contribution in [0.4, 0.5) is 0 Å². The van der Waals surface area contributed by atoms with E-state index in [1.54, 1.807) is 21.3 Å². The topological polar surface area (TPSA) is 54.4 Å². The van der Waals surface area contributed by atoms with Gasteiger partial charge in [0.25, 0.3) is 0 Å². The molecule has 0 amide bonds. The number of ether oxygens (including phenoxy) is 3. The van der Waals surface area contributed by atoms with E-state index in [2.05, 4.69) is 9.80 Å². The molecule has 0 aromatic heterocycles. The lowest BCUT2D eigenvalue weighted by atomic mass is 10.1. The van der Waals surface area contributed by atoms with Crippen molar-refractivity contribution in [2.75, 3.05) is 60.7 Å². The van der Waals surface area contributed by atoms with Gasteiger partial charge in [-0.25, -0.2) is 0 Å². The molecule has 1 aliphatic rings. The van der Waals surface area contributed by atoms with Crippen LogP contribution in [0.2, 0.25) is 0 Å². The second-order valence-electron chi connectivity index (χ2n) is 5.37. The second-order valence-corrected chi connectivity index (χ2v) is 5.37. The number of aliphatic hydroxyl groups excluding tert-OH is 1. The number of hydrogen-bond donors (Lipinski definition) is 1. The zero-order chi connectivity index (χ0) is 15.9. The van der Waals surface area contributed by atoms with Gasteiger partial charge >= 0.3 is 0 Å². The Kier molecular flexibility index (Phi) is 6.30. The molecule has 124 valence electrons. The van der Waals surface area contributed by atoms with Gasteiger partial charge in [0.15, 0.2) is 11.5 Å². The van der Waals surface area contributed by atoms with Crippen LogP contribution in [0.15, 0.2) is 12.1 Å². The Morgan fingerprint density at radius 1 is 0.909 bits per heavy atom. The Balaban J connectivity index is 2.04. The summed E-state index contributed by atoms with van der Waals surface area (Å²) in [5.41, 5.74) is 1.14. The highest BCUT2D eigenvalue weighted by Gasteiger charge is 2.18. The fourth-order valence-electron chi connectivity index (χ4n) is 2.80. The van der Waals surface area contributed by atoms with Crippen LogP contribution in [-0.4, -0.2) is 75.6 Å². The molecule has 1 aromatic carbocycles. The largest absolute Gasteiger partial charge is 0.493 e. The minimum Gasteiger partial charge on any atom is -0.493 e. The van der Waals surface area contributed by atoms with E-state index in [0.717, 1.165) is 44.8 Å². The summed E-state index contributed by atoms with van der Waals surface area (Å²) in [7, 11) is 4.88. The Hall–Kier alpha value is -1.50. The van der Waals surface area contributed by atoms with Crippen LogP contribution < -0.4 is 14.2 Å². The van der Waals surface area contributed by atoms with Gasteiger partial charge in [0.05, 0.1) is 27.9 Å². The van der Waals surface area contributed by atoms with Crippen LogP contribution >= 0.6 is 0 Å². The number of aliphatic hydroxyl groups is 1. The quantitative estimate of drug-likeness (QED) is 0.805. The van der Waals surface area contributed by atoms with E-state index in [4.69, 9.17) is 19.3 Å².